The molecule has 3 N–H and O–H groups in total. The average molecular weight is 601 g/mol. The number of alkyl halides is 2. The fourth-order valence-electron chi connectivity index (χ4n) is 3.77. The summed E-state index contributed by atoms with van der Waals surface area (Å²) in [5.74, 6) is -0.792. The van der Waals surface area contributed by atoms with Crippen molar-refractivity contribution >= 4 is 29.5 Å². The van der Waals surface area contributed by atoms with E-state index in [9.17, 15) is 28.0 Å². The van der Waals surface area contributed by atoms with Crippen molar-refractivity contribution in [2.24, 2.45) is 0 Å². The number of carboxylic acids is 1. The van der Waals surface area contributed by atoms with Crippen molar-refractivity contribution in [3.05, 3.63) is 74.7 Å². The molecule has 4 rings (SSSR count). The fourth-order valence-corrected chi connectivity index (χ4v) is 5.11. The Morgan fingerprint density at radius 1 is 1.16 bits per heavy atom. The monoisotopic (exact) mass is 600 g/mol. The zero-order valence-electron chi connectivity index (χ0n) is 19.8. The molecule has 37 heavy (non-hydrogen) atoms. The minimum atomic E-state index is -5.74. The summed E-state index contributed by atoms with van der Waals surface area (Å²) < 4.78 is 48.2. The van der Waals surface area contributed by atoms with Crippen molar-refractivity contribution in [3.63, 3.8) is 0 Å². The average Bonchev–Trinajstić information content (AvgIpc) is 3.58. The summed E-state index contributed by atoms with van der Waals surface area (Å²) in [6.07, 6.45) is 3.44. The number of aliphatic carboxylic acids is 1. The minimum absolute atomic E-state index is 0.0124. The van der Waals surface area contributed by atoms with Crippen molar-refractivity contribution in [3.8, 4) is 17.0 Å². The zero-order chi connectivity index (χ0) is 27.3. The molecule has 13 heteroatoms. The summed E-state index contributed by atoms with van der Waals surface area (Å²) in [6.45, 7) is 2.87. The van der Waals surface area contributed by atoms with Crippen LogP contribution in [-0.4, -0.2) is 35.6 Å². The van der Waals surface area contributed by atoms with Gasteiger partial charge in [0.2, 0.25) is 0 Å². The minimum Gasteiger partial charge on any atom is -0.478 e. The Balaban J connectivity index is 1.69. The molecule has 0 unspecified atom stereocenters. The number of hydrogen-bond acceptors (Lipinski definition) is 4. The second-order valence-corrected chi connectivity index (χ2v) is 11.9. The molecule has 1 aliphatic carbocycles. The third-order valence-corrected chi connectivity index (χ3v) is 7.68. The van der Waals surface area contributed by atoms with Crippen LogP contribution < -0.4 is 10.4 Å². The first kappa shape index (κ1) is 27.3. The molecule has 3 aromatic rings. The molecule has 1 aliphatic rings. The van der Waals surface area contributed by atoms with Gasteiger partial charge in [0.15, 0.2) is 5.60 Å². The van der Waals surface area contributed by atoms with E-state index in [2.05, 4.69) is 15.9 Å². The van der Waals surface area contributed by atoms with Gasteiger partial charge in [-0.3, -0.25) is 13.7 Å². The largest absolute Gasteiger partial charge is 0.478 e. The highest BCUT2D eigenvalue weighted by molar-refractivity contribution is 9.10. The van der Waals surface area contributed by atoms with Crippen molar-refractivity contribution in [1.29, 1.82) is 0 Å². The SMILES string of the molecule is CC(C)(Oc1ccc(-c2cn(C3CC3)c(=O)n2Cc2ccc(C(F)(F)P(=O)(O)O)c(Br)c2)cc1)C(=O)O. The molecule has 0 saturated heterocycles. The molecule has 0 aliphatic heterocycles. The van der Waals surface area contributed by atoms with Crippen molar-refractivity contribution in [2.45, 2.75) is 50.5 Å². The maximum atomic E-state index is 14.2. The molecule has 1 fully saturated rings. The number of imidazole rings is 1. The summed E-state index contributed by atoms with van der Waals surface area (Å²) in [5, 5.41) is 9.27. The van der Waals surface area contributed by atoms with Crippen LogP contribution in [0.15, 0.2) is 57.9 Å². The molecule has 9 nitrogen and oxygen atoms in total. The van der Waals surface area contributed by atoms with E-state index in [0.717, 1.165) is 18.9 Å². The molecule has 0 spiro atoms. The lowest BCUT2D eigenvalue weighted by Crippen LogP contribution is -2.37. The summed E-state index contributed by atoms with van der Waals surface area (Å²) in [5.41, 5.74) is -5.28. The predicted octanol–water partition coefficient (Wildman–Crippen LogP) is 4.93. The Hall–Kier alpha value is -2.79. The third kappa shape index (κ3) is 5.43. The van der Waals surface area contributed by atoms with Gasteiger partial charge in [0.05, 0.1) is 12.2 Å². The van der Waals surface area contributed by atoms with Crippen LogP contribution >= 0.6 is 23.5 Å². The Bertz CT molecular complexity index is 1460. The van der Waals surface area contributed by atoms with Crippen LogP contribution in [-0.2, 0) is 21.6 Å². The van der Waals surface area contributed by atoms with Crippen LogP contribution in [0, 0.1) is 0 Å². The van der Waals surface area contributed by atoms with Gasteiger partial charge in [-0.05, 0) is 62.6 Å². The molecule has 1 saturated carbocycles. The Kier molecular flexibility index (Phi) is 7.00. The standard InChI is InChI=1S/C24H24BrF2N2O7P/c1-23(2,21(30)31)36-17-8-4-15(5-9-17)20-13-28(16-6-7-16)22(32)29(20)12-14-3-10-18(19(25)11-14)24(26,27)37(33,34)35/h3-5,8-11,13,16H,6-7,12H2,1-2H3,(H,30,31)(H2,33,34,35). The molecular weight excluding hydrogens is 577 g/mol. The second-order valence-electron chi connectivity index (χ2n) is 9.36. The first-order valence-electron chi connectivity index (χ1n) is 11.2. The molecule has 2 aromatic carbocycles. The van der Waals surface area contributed by atoms with Gasteiger partial charge in [-0.15, -0.1) is 0 Å². The van der Waals surface area contributed by atoms with Crippen LogP contribution in [0.2, 0.25) is 0 Å². The van der Waals surface area contributed by atoms with Crippen molar-refractivity contribution in [1.82, 2.24) is 9.13 Å². The van der Waals surface area contributed by atoms with E-state index in [1.807, 2.05) is 0 Å². The normalized spacial score (nSPS) is 14.6. The highest BCUT2D eigenvalue weighted by atomic mass is 79.9. The number of benzene rings is 2. The van der Waals surface area contributed by atoms with E-state index in [0.29, 0.717) is 22.6 Å². The lowest BCUT2D eigenvalue weighted by Gasteiger charge is -2.21. The summed E-state index contributed by atoms with van der Waals surface area (Å²) in [4.78, 5) is 42.7. The Labute approximate surface area is 218 Å². The maximum absolute atomic E-state index is 14.2. The smallest absolute Gasteiger partial charge is 0.399 e. The van der Waals surface area contributed by atoms with Crippen LogP contribution in [0.25, 0.3) is 11.3 Å². The van der Waals surface area contributed by atoms with Crippen LogP contribution in [0.3, 0.4) is 0 Å². The first-order valence-corrected chi connectivity index (χ1v) is 13.6. The molecule has 1 aromatic heterocycles. The van der Waals surface area contributed by atoms with E-state index in [4.69, 9.17) is 14.5 Å². The van der Waals surface area contributed by atoms with Gasteiger partial charge < -0.3 is 19.6 Å². The second kappa shape index (κ2) is 9.50. The molecule has 0 amide bonds. The van der Waals surface area contributed by atoms with E-state index >= 15 is 0 Å². The first-order chi connectivity index (χ1) is 17.1. The number of carboxylic acid groups (broad SMARTS) is 1. The number of halogens is 3. The predicted molar refractivity (Wildman–Crippen MR) is 134 cm³/mol. The lowest BCUT2D eigenvalue weighted by atomic mass is 10.1. The van der Waals surface area contributed by atoms with E-state index in [1.54, 1.807) is 35.0 Å². The van der Waals surface area contributed by atoms with Gasteiger partial charge in [-0.1, -0.05) is 28.1 Å². The summed E-state index contributed by atoms with van der Waals surface area (Å²) in [7, 11) is -5.74. The van der Waals surface area contributed by atoms with Gasteiger partial charge in [0.25, 0.3) is 0 Å². The fraction of sp³-hybridized carbons (Fsp3) is 0.333. The van der Waals surface area contributed by atoms with E-state index in [1.165, 1.54) is 30.5 Å². The van der Waals surface area contributed by atoms with Crippen molar-refractivity contribution in [2.75, 3.05) is 0 Å². The molecule has 1 heterocycles. The van der Waals surface area contributed by atoms with Crippen LogP contribution in [0.4, 0.5) is 8.78 Å². The highest BCUT2D eigenvalue weighted by Gasteiger charge is 2.51. The lowest BCUT2D eigenvalue weighted by molar-refractivity contribution is -0.152. The summed E-state index contributed by atoms with van der Waals surface area (Å²) >= 11 is 2.98. The molecule has 0 radical (unpaired) electrons. The van der Waals surface area contributed by atoms with Gasteiger partial charge in [0.1, 0.15) is 5.75 Å². The van der Waals surface area contributed by atoms with Gasteiger partial charge >= 0.3 is 24.9 Å². The van der Waals surface area contributed by atoms with E-state index < -0.39 is 30.4 Å². The molecular formula is C24H24BrF2N2O7P. The quantitative estimate of drug-likeness (QED) is 0.297. The molecule has 198 valence electrons. The van der Waals surface area contributed by atoms with Crippen LogP contribution in [0.5, 0.6) is 5.75 Å². The topological polar surface area (TPSA) is 131 Å². The summed E-state index contributed by atoms with van der Waals surface area (Å²) in [6, 6.07) is 10.2. The van der Waals surface area contributed by atoms with E-state index in [-0.39, 0.29) is 22.7 Å². The molecule has 0 atom stereocenters. The van der Waals surface area contributed by atoms with Gasteiger partial charge in [-0.25, -0.2) is 9.59 Å². The van der Waals surface area contributed by atoms with Gasteiger partial charge in [-0.2, -0.15) is 8.78 Å². The third-order valence-electron chi connectivity index (χ3n) is 6.05. The van der Waals surface area contributed by atoms with Crippen molar-refractivity contribution < 1.29 is 37.8 Å². The number of nitrogens with zero attached hydrogens (tertiary/aromatic N) is 2. The zero-order valence-corrected chi connectivity index (χ0v) is 22.2. The number of ether oxygens (including phenoxy) is 1. The number of aromatic nitrogens is 2. The Morgan fingerprint density at radius 3 is 2.30 bits per heavy atom. The number of rotatable bonds is 9. The van der Waals surface area contributed by atoms with Crippen LogP contribution in [0.1, 0.15) is 43.9 Å². The number of hydrogen-bond donors (Lipinski definition) is 3. The highest BCUT2D eigenvalue weighted by Crippen LogP contribution is 2.60. The maximum Gasteiger partial charge on any atom is 0.399 e. The van der Waals surface area contributed by atoms with Gasteiger partial charge in [0, 0.05) is 27.8 Å². The Morgan fingerprint density at radius 2 is 1.78 bits per heavy atom. The number of carbonyl (C=O) groups is 1. The molecule has 0 bridgehead atoms.